The number of nitrogens with zero attached hydrogens (tertiary/aromatic N) is 8. The number of amides is 2. The summed E-state index contributed by atoms with van der Waals surface area (Å²) < 4.78 is 10.3. The first-order chi connectivity index (χ1) is 22.1. The Hall–Kier alpha value is -5.42. The maximum atomic E-state index is 13.7. The van der Waals surface area contributed by atoms with Gasteiger partial charge in [0.15, 0.2) is 0 Å². The van der Waals surface area contributed by atoms with Crippen molar-refractivity contribution < 1.29 is 14.3 Å². The Morgan fingerprint density at radius 3 is 2.40 bits per heavy atom. The SMILES string of the molecule is COc1ncc(-c2ccc(N(C(=O)NCc3ccccn3)[C@H]3CC[C@H](Nc4ncc(C#N)c(NC5COC5)n4)CC3)nc2)cn1. The third kappa shape index (κ3) is 7.22. The number of pyridine rings is 2. The summed E-state index contributed by atoms with van der Waals surface area (Å²) in [5.41, 5.74) is 2.77. The number of nitriles is 1. The molecular formula is C31H33N11O3. The molecule has 5 heterocycles. The summed E-state index contributed by atoms with van der Waals surface area (Å²) in [5.74, 6) is 1.52. The van der Waals surface area contributed by atoms with Crippen molar-refractivity contribution in [3.05, 3.63) is 72.6 Å². The van der Waals surface area contributed by atoms with E-state index in [-0.39, 0.29) is 30.2 Å². The highest BCUT2D eigenvalue weighted by atomic mass is 16.5. The summed E-state index contributed by atoms with van der Waals surface area (Å²) in [7, 11) is 1.52. The van der Waals surface area contributed by atoms with Crippen molar-refractivity contribution >= 4 is 23.6 Å². The number of hydrogen-bond acceptors (Lipinski definition) is 12. The first-order valence-corrected chi connectivity index (χ1v) is 14.8. The number of anilines is 3. The molecule has 3 N–H and O–H groups in total. The summed E-state index contributed by atoms with van der Waals surface area (Å²) in [6, 6.07) is 11.7. The van der Waals surface area contributed by atoms with Crippen LogP contribution in [0.15, 0.2) is 61.3 Å². The van der Waals surface area contributed by atoms with Crippen LogP contribution in [-0.4, -0.2) is 74.4 Å². The molecule has 0 atom stereocenters. The second-order valence-electron chi connectivity index (χ2n) is 10.8. The summed E-state index contributed by atoms with van der Waals surface area (Å²) in [6.07, 6.45) is 11.4. The number of carbonyl (C=O) groups excluding carboxylic acids is 1. The van der Waals surface area contributed by atoms with Crippen molar-refractivity contribution in [2.45, 2.75) is 50.4 Å². The van der Waals surface area contributed by atoms with Gasteiger partial charge < -0.3 is 25.4 Å². The Labute approximate surface area is 260 Å². The Balaban J connectivity index is 1.15. The predicted octanol–water partition coefficient (Wildman–Crippen LogP) is 3.55. The number of nitrogens with one attached hydrogen (secondary N) is 3. The van der Waals surface area contributed by atoms with E-state index in [9.17, 15) is 10.1 Å². The van der Waals surface area contributed by atoms with E-state index in [2.05, 4.69) is 51.9 Å². The monoisotopic (exact) mass is 607 g/mol. The van der Waals surface area contributed by atoms with Crippen molar-refractivity contribution in [1.82, 2.24) is 35.2 Å². The molecule has 1 aliphatic heterocycles. The molecule has 6 rings (SSSR count). The summed E-state index contributed by atoms with van der Waals surface area (Å²) >= 11 is 0. The third-order valence-electron chi connectivity index (χ3n) is 7.79. The molecule has 1 saturated heterocycles. The maximum absolute atomic E-state index is 13.7. The van der Waals surface area contributed by atoms with Crippen LogP contribution >= 0.6 is 0 Å². The lowest BCUT2D eigenvalue weighted by molar-refractivity contribution is 0.0209. The topological polar surface area (TPSA) is 176 Å². The minimum absolute atomic E-state index is 0.0767. The number of methoxy groups -OCH3 is 1. The molecule has 2 amide bonds. The van der Waals surface area contributed by atoms with Crippen LogP contribution in [-0.2, 0) is 11.3 Å². The third-order valence-corrected chi connectivity index (χ3v) is 7.79. The lowest BCUT2D eigenvalue weighted by atomic mass is 9.90. The molecule has 4 aromatic heterocycles. The quantitative estimate of drug-likeness (QED) is 0.239. The first-order valence-electron chi connectivity index (χ1n) is 14.8. The van der Waals surface area contributed by atoms with E-state index in [1.807, 2.05) is 30.3 Å². The molecule has 0 spiro atoms. The molecule has 0 radical (unpaired) electrons. The van der Waals surface area contributed by atoms with Crippen LogP contribution < -0.4 is 25.6 Å². The molecule has 1 saturated carbocycles. The Morgan fingerprint density at radius 2 is 1.76 bits per heavy atom. The number of hydrogen-bond donors (Lipinski definition) is 3. The fourth-order valence-corrected chi connectivity index (χ4v) is 5.30. The van der Waals surface area contributed by atoms with Gasteiger partial charge in [-0.05, 0) is 49.9 Å². The van der Waals surface area contributed by atoms with E-state index < -0.39 is 0 Å². The van der Waals surface area contributed by atoms with Gasteiger partial charge >= 0.3 is 12.0 Å². The Bertz CT molecular complexity index is 1620. The normalized spacial score (nSPS) is 17.8. The van der Waals surface area contributed by atoms with Gasteiger partial charge in [0.05, 0.1) is 44.8 Å². The first kappa shape index (κ1) is 29.6. The van der Waals surface area contributed by atoms with Gasteiger partial charge in [-0.2, -0.15) is 10.2 Å². The lowest BCUT2D eigenvalue weighted by Gasteiger charge is -2.36. The molecule has 14 heteroatoms. The van der Waals surface area contributed by atoms with Crippen LogP contribution in [0.2, 0.25) is 0 Å². The number of carbonyl (C=O) groups is 1. The number of urea groups is 1. The summed E-state index contributed by atoms with van der Waals surface area (Å²) in [4.78, 5) is 41.7. The van der Waals surface area contributed by atoms with Gasteiger partial charge in [-0.1, -0.05) is 6.07 Å². The van der Waals surface area contributed by atoms with Crippen molar-refractivity contribution in [2.75, 3.05) is 35.9 Å². The smallest absolute Gasteiger partial charge is 0.323 e. The van der Waals surface area contributed by atoms with E-state index >= 15 is 0 Å². The van der Waals surface area contributed by atoms with Crippen LogP contribution in [0, 0.1) is 11.3 Å². The molecule has 0 unspecified atom stereocenters. The standard InChI is InChI=1S/C31H33N11O3/c1-44-30-36-15-22(16-37-30)20-5-10-27(34-13-20)42(31(43)38-17-24-4-2-3-11-33-24)26-8-6-23(7-9-26)40-29-35-14-21(12-32)28(41-29)39-25-18-45-19-25/h2-5,10-11,13-16,23,25-26H,6-9,17-19H2,1H3,(H,38,43)(H2,35,39,40,41)/t23-,26-. The summed E-state index contributed by atoms with van der Waals surface area (Å²) in [5, 5.41) is 19.2. The van der Waals surface area contributed by atoms with Crippen LogP contribution in [0.25, 0.3) is 11.1 Å². The lowest BCUT2D eigenvalue weighted by Crippen LogP contribution is -2.49. The average Bonchev–Trinajstić information content (AvgIpc) is 3.07. The fraction of sp³-hybridized carbons (Fsp3) is 0.355. The van der Waals surface area contributed by atoms with E-state index in [0.29, 0.717) is 42.9 Å². The van der Waals surface area contributed by atoms with E-state index in [1.54, 1.807) is 29.7 Å². The average molecular weight is 608 g/mol. The molecule has 45 heavy (non-hydrogen) atoms. The molecule has 2 aliphatic rings. The molecule has 14 nitrogen and oxygen atoms in total. The molecule has 0 aromatic carbocycles. The number of rotatable bonds is 10. The van der Waals surface area contributed by atoms with Gasteiger partial charge in [0.1, 0.15) is 23.3 Å². The largest absolute Gasteiger partial charge is 0.467 e. The zero-order chi connectivity index (χ0) is 31.0. The Morgan fingerprint density at radius 1 is 0.956 bits per heavy atom. The highest BCUT2D eigenvalue weighted by Crippen LogP contribution is 2.30. The van der Waals surface area contributed by atoms with Gasteiger partial charge in [0.25, 0.3) is 0 Å². The van der Waals surface area contributed by atoms with Crippen LogP contribution in [0.5, 0.6) is 6.01 Å². The highest BCUT2D eigenvalue weighted by molar-refractivity contribution is 5.91. The van der Waals surface area contributed by atoms with Crippen molar-refractivity contribution in [2.24, 2.45) is 0 Å². The minimum Gasteiger partial charge on any atom is -0.467 e. The molecule has 1 aliphatic carbocycles. The molecule has 230 valence electrons. The molecular weight excluding hydrogens is 574 g/mol. The number of ether oxygens (including phenoxy) is 2. The van der Waals surface area contributed by atoms with Crippen LogP contribution in [0.4, 0.5) is 22.4 Å². The maximum Gasteiger partial charge on any atom is 0.323 e. The van der Waals surface area contributed by atoms with Gasteiger partial charge in [-0.3, -0.25) is 9.88 Å². The van der Waals surface area contributed by atoms with Crippen LogP contribution in [0.1, 0.15) is 36.9 Å². The second kappa shape index (κ2) is 13.9. The minimum atomic E-state index is -0.240. The van der Waals surface area contributed by atoms with E-state index in [1.165, 1.54) is 13.3 Å². The van der Waals surface area contributed by atoms with Gasteiger partial charge in [-0.25, -0.2) is 24.7 Å². The van der Waals surface area contributed by atoms with E-state index in [0.717, 1.165) is 42.5 Å². The second-order valence-corrected chi connectivity index (χ2v) is 10.8. The van der Waals surface area contributed by atoms with Crippen LogP contribution in [0.3, 0.4) is 0 Å². The Kier molecular flexibility index (Phi) is 9.16. The van der Waals surface area contributed by atoms with Gasteiger partial charge in [0, 0.05) is 48.0 Å². The highest BCUT2D eigenvalue weighted by Gasteiger charge is 2.31. The van der Waals surface area contributed by atoms with Gasteiger partial charge in [-0.15, -0.1) is 0 Å². The van der Waals surface area contributed by atoms with E-state index in [4.69, 9.17) is 9.47 Å². The molecule has 2 fully saturated rings. The van der Waals surface area contributed by atoms with Crippen molar-refractivity contribution in [3.8, 4) is 23.2 Å². The fourth-order valence-electron chi connectivity index (χ4n) is 5.30. The van der Waals surface area contributed by atoms with Crippen molar-refractivity contribution in [1.29, 1.82) is 5.26 Å². The summed E-state index contributed by atoms with van der Waals surface area (Å²) in [6.45, 7) is 1.47. The zero-order valence-electron chi connectivity index (χ0n) is 24.8. The zero-order valence-corrected chi connectivity index (χ0v) is 24.8. The predicted molar refractivity (Wildman–Crippen MR) is 165 cm³/mol. The van der Waals surface area contributed by atoms with Crippen molar-refractivity contribution in [3.63, 3.8) is 0 Å². The molecule has 0 bridgehead atoms. The molecule has 4 aromatic rings. The number of aromatic nitrogens is 6. The van der Waals surface area contributed by atoms with Gasteiger partial charge in [0.2, 0.25) is 5.95 Å².